The first kappa shape index (κ1) is 9.87. The SMILES string of the molecule is CN(C)S(=O)(=O)n1[c]nc(C=O)c1. The molecule has 1 aromatic heterocycles. The average Bonchev–Trinajstić information content (AvgIpc) is 2.51. The summed E-state index contributed by atoms with van der Waals surface area (Å²) in [6.07, 6.45) is 3.74. The minimum Gasteiger partial charge on any atom is -0.296 e. The van der Waals surface area contributed by atoms with Gasteiger partial charge in [-0.25, -0.2) is 8.96 Å². The van der Waals surface area contributed by atoms with Gasteiger partial charge in [0.15, 0.2) is 12.6 Å². The maximum Gasteiger partial charge on any atom is 0.308 e. The molecule has 0 aliphatic heterocycles. The van der Waals surface area contributed by atoms with Gasteiger partial charge in [0.1, 0.15) is 5.69 Å². The van der Waals surface area contributed by atoms with E-state index in [-0.39, 0.29) is 5.69 Å². The Morgan fingerprint density at radius 2 is 2.23 bits per heavy atom. The van der Waals surface area contributed by atoms with E-state index in [0.717, 1.165) is 14.5 Å². The molecule has 7 heteroatoms. The van der Waals surface area contributed by atoms with Crippen molar-refractivity contribution in [2.24, 2.45) is 0 Å². The highest BCUT2D eigenvalue weighted by Crippen LogP contribution is 2.00. The fraction of sp³-hybridized carbons (Fsp3) is 0.333. The molecule has 0 saturated heterocycles. The van der Waals surface area contributed by atoms with Crippen LogP contribution in [0.1, 0.15) is 10.5 Å². The van der Waals surface area contributed by atoms with Crippen LogP contribution in [0.25, 0.3) is 0 Å². The lowest BCUT2D eigenvalue weighted by Crippen LogP contribution is -2.27. The molecule has 71 valence electrons. The molecule has 0 aliphatic rings. The van der Waals surface area contributed by atoms with Crippen molar-refractivity contribution in [3.05, 3.63) is 18.2 Å². The molecule has 1 aromatic rings. The molecule has 13 heavy (non-hydrogen) atoms. The van der Waals surface area contributed by atoms with Crippen LogP contribution in [-0.2, 0) is 10.2 Å². The van der Waals surface area contributed by atoms with Crippen LogP contribution in [0.3, 0.4) is 0 Å². The summed E-state index contributed by atoms with van der Waals surface area (Å²) < 4.78 is 24.5. The number of hydrogen-bond acceptors (Lipinski definition) is 4. The molecule has 0 fully saturated rings. The Bertz CT molecular complexity index is 407. The van der Waals surface area contributed by atoms with E-state index in [9.17, 15) is 13.2 Å². The van der Waals surface area contributed by atoms with E-state index in [4.69, 9.17) is 0 Å². The van der Waals surface area contributed by atoms with Gasteiger partial charge in [0.25, 0.3) is 0 Å². The highest BCUT2D eigenvalue weighted by atomic mass is 32.2. The van der Waals surface area contributed by atoms with E-state index in [1.165, 1.54) is 14.1 Å². The van der Waals surface area contributed by atoms with Crippen molar-refractivity contribution in [2.75, 3.05) is 14.1 Å². The van der Waals surface area contributed by atoms with Crippen LogP contribution in [0.5, 0.6) is 0 Å². The van der Waals surface area contributed by atoms with Crippen LogP contribution >= 0.6 is 0 Å². The molecular formula is C6H8N3O3S. The lowest BCUT2D eigenvalue weighted by Gasteiger charge is -2.09. The molecule has 0 saturated carbocycles. The summed E-state index contributed by atoms with van der Waals surface area (Å²) in [5.74, 6) is 0. The third kappa shape index (κ3) is 1.76. The third-order valence-corrected chi connectivity index (χ3v) is 2.97. The Labute approximate surface area is 76.0 Å². The second-order valence-electron chi connectivity index (χ2n) is 2.47. The molecule has 0 bridgehead atoms. The highest BCUT2D eigenvalue weighted by molar-refractivity contribution is 7.87. The molecule has 1 radical (unpaired) electrons. The lowest BCUT2D eigenvalue weighted by molar-refractivity contribution is 0.111. The first-order chi connectivity index (χ1) is 5.98. The van der Waals surface area contributed by atoms with Crippen molar-refractivity contribution in [1.29, 1.82) is 0 Å². The predicted octanol–water partition coefficient (Wildman–Crippen LogP) is -0.850. The molecule has 0 atom stereocenters. The second-order valence-corrected chi connectivity index (χ2v) is 4.49. The number of aldehydes is 1. The zero-order valence-corrected chi connectivity index (χ0v) is 7.95. The maximum absolute atomic E-state index is 11.4. The van der Waals surface area contributed by atoms with Gasteiger partial charge in [-0.3, -0.25) is 4.79 Å². The summed E-state index contributed by atoms with van der Waals surface area (Å²) in [7, 11) is -0.836. The molecule has 0 unspecified atom stereocenters. The normalized spacial score (nSPS) is 11.9. The summed E-state index contributed by atoms with van der Waals surface area (Å²) >= 11 is 0. The van der Waals surface area contributed by atoms with Crippen molar-refractivity contribution in [3.63, 3.8) is 0 Å². The van der Waals surface area contributed by atoms with Gasteiger partial charge in [-0.1, -0.05) is 0 Å². The summed E-state index contributed by atoms with van der Waals surface area (Å²) in [6, 6.07) is 0. The minimum absolute atomic E-state index is 0.0328. The van der Waals surface area contributed by atoms with Crippen LogP contribution in [-0.4, -0.2) is 42.1 Å². The number of aromatic nitrogens is 2. The largest absolute Gasteiger partial charge is 0.308 e. The number of carbonyl (C=O) groups is 1. The van der Waals surface area contributed by atoms with Gasteiger partial charge in [0.2, 0.25) is 0 Å². The molecule has 6 nitrogen and oxygen atoms in total. The first-order valence-corrected chi connectivity index (χ1v) is 4.73. The van der Waals surface area contributed by atoms with E-state index in [0.29, 0.717) is 6.29 Å². The maximum atomic E-state index is 11.4. The van der Waals surface area contributed by atoms with Gasteiger partial charge in [0.05, 0.1) is 6.20 Å². The van der Waals surface area contributed by atoms with Gasteiger partial charge in [-0.05, 0) is 0 Å². The number of rotatable bonds is 3. The number of nitrogens with zero attached hydrogens (tertiary/aromatic N) is 3. The zero-order valence-electron chi connectivity index (χ0n) is 7.13. The Morgan fingerprint density at radius 3 is 2.62 bits per heavy atom. The molecule has 0 amide bonds. The Morgan fingerprint density at radius 1 is 1.62 bits per heavy atom. The standard InChI is InChI=1S/C6H8N3O3S/c1-8(2)13(11,12)9-3-6(4-10)7-5-9/h3-4H,1-2H3. The van der Waals surface area contributed by atoms with E-state index in [1.807, 2.05) is 0 Å². The van der Waals surface area contributed by atoms with Crippen molar-refractivity contribution in [3.8, 4) is 0 Å². The molecule has 1 heterocycles. The van der Waals surface area contributed by atoms with Crippen LogP contribution < -0.4 is 0 Å². The number of carbonyl (C=O) groups excluding carboxylic acids is 1. The molecule has 0 N–H and O–H groups in total. The van der Waals surface area contributed by atoms with E-state index < -0.39 is 10.2 Å². The monoisotopic (exact) mass is 202 g/mol. The Kier molecular flexibility index (Phi) is 2.48. The molecular weight excluding hydrogens is 194 g/mol. The molecule has 1 rings (SSSR count). The molecule has 0 aromatic carbocycles. The fourth-order valence-electron chi connectivity index (χ4n) is 0.636. The minimum atomic E-state index is -3.59. The fourth-order valence-corrected chi connectivity index (χ4v) is 1.37. The van der Waals surface area contributed by atoms with Crippen molar-refractivity contribution in [1.82, 2.24) is 13.3 Å². The van der Waals surface area contributed by atoms with E-state index in [1.54, 1.807) is 0 Å². The summed E-state index contributed by atoms with van der Waals surface area (Å²) in [5.41, 5.74) is 0.0328. The van der Waals surface area contributed by atoms with Crippen molar-refractivity contribution >= 4 is 16.5 Å². The second kappa shape index (κ2) is 3.27. The predicted molar refractivity (Wildman–Crippen MR) is 44.5 cm³/mol. The zero-order chi connectivity index (χ0) is 10.1. The van der Waals surface area contributed by atoms with Crippen LogP contribution in [0.2, 0.25) is 0 Å². The molecule has 0 aliphatic carbocycles. The Balaban J connectivity index is 3.16. The third-order valence-electron chi connectivity index (χ3n) is 1.36. The first-order valence-electron chi connectivity index (χ1n) is 3.33. The smallest absolute Gasteiger partial charge is 0.296 e. The van der Waals surface area contributed by atoms with Crippen molar-refractivity contribution < 1.29 is 13.2 Å². The van der Waals surface area contributed by atoms with Gasteiger partial charge in [0, 0.05) is 14.1 Å². The number of imidazole rings is 1. The lowest BCUT2D eigenvalue weighted by atomic mass is 10.6. The van der Waals surface area contributed by atoms with E-state index >= 15 is 0 Å². The topological polar surface area (TPSA) is 72.3 Å². The van der Waals surface area contributed by atoms with Gasteiger partial charge < -0.3 is 0 Å². The van der Waals surface area contributed by atoms with Gasteiger partial charge >= 0.3 is 10.2 Å². The highest BCUT2D eigenvalue weighted by Gasteiger charge is 2.16. The summed E-state index contributed by atoms with van der Waals surface area (Å²) in [6.45, 7) is 0. The quantitative estimate of drug-likeness (QED) is 0.598. The summed E-state index contributed by atoms with van der Waals surface area (Å²) in [5, 5.41) is 0. The Hall–Kier alpha value is -1.21. The molecule has 0 spiro atoms. The van der Waals surface area contributed by atoms with Gasteiger partial charge in [-0.15, -0.1) is 0 Å². The summed E-state index contributed by atoms with van der Waals surface area (Å²) in [4.78, 5) is 13.7. The van der Waals surface area contributed by atoms with Crippen LogP contribution in [0.4, 0.5) is 0 Å². The average molecular weight is 202 g/mol. The van der Waals surface area contributed by atoms with Gasteiger partial charge in [-0.2, -0.15) is 12.7 Å². The number of hydrogen-bond donors (Lipinski definition) is 0. The van der Waals surface area contributed by atoms with Crippen LogP contribution in [0.15, 0.2) is 6.20 Å². The van der Waals surface area contributed by atoms with E-state index in [2.05, 4.69) is 11.3 Å². The van der Waals surface area contributed by atoms with Crippen LogP contribution in [0, 0.1) is 6.33 Å². The van der Waals surface area contributed by atoms with Crippen molar-refractivity contribution in [2.45, 2.75) is 0 Å².